The van der Waals surface area contributed by atoms with E-state index in [1.165, 1.54) is 0 Å². The van der Waals surface area contributed by atoms with Crippen molar-refractivity contribution in [3.8, 4) is 11.8 Å². The Morgan fingerprint density at radius 1 is 1.22 bits per heavy atom. The topological polar surface area (TPSA) is 67.6 Å². The van der Waals surface area contributed by atoms with Gasteiger partial charge in [-0.3, -0.25) is 0 Å². The summed E-state index contributed by atoms with van der Waals surface area (Å²) in [5, 5.41) is 13.1. The summed E-state index contributed by atoms with van der Waals surface area (Å²) >= 11 is 15.3. The quantitative estimate of drug-likeness (QED) is 0.529. The Bertz CT molecular complexity index is 849. The number of alkyl halides is 3. The highest BCUT2D eigenvalue weighted by atomic mass is 35.5. The van der Waals surface area contributed by atoms with Gasteiger partial charge in [0.1, 0.15) is 17.6 Å². The molecule has 4 nitrogen and oxygen atoms in total. The minimum absolute atomic E-state index is 0.00771. The van der Waals surface area contributed by atoms with Crippen LogP contribution >= 0.6 is 46.7 Å². The molecule has 0 aliphatic carbocycles. The molecule has 0 fully saturated rings. The largest absolute Gasteiger partial charge is 0.416 e. The van der Waals surface area contributed by atoms with E-state index < -0.39 is 11.7 Å². The van der Waals surface area contributed by atoms with E-state index in [2.05, 4.69) is 5.10 Å². The number of thioether (sulfide) groups is 2. The number of rotatable bonds is 6. The van der Waals surface area contributed by atoms with Crippen molar-refractivity contribution < 1.29 is 13.2 Å². The van der Waals surface area contributed by atoms with E-state index in [1.54, 1.807) is 23.5 Å². The monoisotopic (exact) mass is 454 g/mol. The second-order valence-corrected chi connectivity index (χ2v) is 9.08. The number of halogens is 5. The minimum atomic E-state index is -4.59. The van der Waals surface area contributed by atoms with Crippen molar-refractivity contribution in [1.82, 2.24) is 9.78 Å². The summed E-state index contributed by atoms with van der Waals surface area (Å²) in [4.78, 5) is 0. The van der Waals surface area contributed by atoms with Crippen molar-refractivity contribution in [2.75, 3.05) is 17.2 Å². The lowest BCUT2D eigenvalue weighted by atomic mass is 10.2. The summed E-state index contributed by atoms with van der Waals surface area (Å²) in [5.74, 6) is 1.70. The SMILES string of the molecule is CCSC(SCC)c1c(C#N)nn(-c2c(Cl)cc(C(F)(F)F)cc2Cl)c1N. The molecule has 2 N–H and O–H groups in total. The Hall–Kier alpha value is -1.21. The highest BCUT2D eigenvalue weighted by Crippen LogP contribution is 2.45. The molecule has 0 bridgehead atoms. The molecule has 0 spiro atoms. The molecule has 2 rings (SSSR count). The summed E-state index contributed by atoms with van der Waals surface area (Å²) < 4.78 is 39.8. The van der Waals surface area contributed by atoms with Gasteiger partial charge in [-0.15, -0.1) is 23.5 Å². The number of aromatic nitrogens is 2. The van der Waals surface area contributed by atoms with E-state index in [0.29, 0.717) is 5.56 Å². The van der Waals surface area contributed by atoms with Gasteiger partial charge < -0.3 is 5.73 Å². The second kappa shape index (κ2) is 8.86. The zero-order valence-corrected chi connectivity index (χ0v) is 17.4. The van der Waals surface area contributed by atoms with Crippen molar-refractivity contribution in [2.45, 2.75) is 24.6 Å². The van der Waals surface area contributed by atoms with E-state index in [4.69, 9.17) is 28.9 Å². The van der Waals surface area contributed by atoms with Crippen molar-refractivity contribution in [3.63, 3.8) is 0 Å². The van der Waals surface area contributed by atoms with Gasteiger partial charge >= 0.3 is 6.18 Å². The van der Waals surface area contributed by atoms with Gasteiger partial charge in [0.2, 0.25) is 0 Å². The number of anilines is 1. The molecular weight excluding hydrogens is 440 g/mol. The predicted molar refractivity (Wildman–Crippen MR) is 107 cm³/mol. The average Bonchev–Trinajstić information content (AvgIpc) is 2.89. The zero-order chi connectivity index (χ0) is 20.4. The summed E-state index contributed by atoms with van der Waals surface area (Å²) in [6.07, 6.45) is -4.59. The molecule has 0 atom stereocenters. The molecule has 0 unspecified atom stereocenters. The number of nitrogens with two attached hydrogens (primary N) is 1. The van der Waals surface area contributed by atoms with Crippen molar-refractivity contribution >= 4 is 52.5 Å². The molecule has 0 saturated carbocycles. The van der Waals surface area contributed by atoms with Gasteiger partial charge in [0.05, 0.1) is 25.8 Å². The van der Waals surface area contributed by atoms with Crippen LogP contribution < -0.4 is 5.73 Å². The van der Waals surface area contributed by atoms with Gasteiger partial charge in [-0.1, -0.05) is 37.0 Å². The van der Waals surface area contributed by atoms with Crippen LogP contribution in [-0.2, 0) is 6.18 Å². The average molecular weight is 455 g/mol. The molecule has 0 aliphatic heterocycles. The predicted octanol–water partition coefficient (Wildman–Crippen LogP) is 6.16. The summed E-state index contributed by atoms with van der Waals surface area (Å²) in [5.41, 5.74) is 5.85. The lowest BCUT2D eigenvalue weighted by molar-refractivity contribution is -0.137. The molecule has 0 radical (unpaired) electrons. The van der Waals surface area contributed by atoms with Crippen LogP contribution in [0.5, 0.6) is 0 Å². The molecule has 0 amide bonds. The van der Waals surface area contributed by atoms with Crippen LogP contribution in [0.3, 0.4) is 0 Å². The third kappa shape index (κ3) is 4.62. The highest BCUT2D eigenvalue weighted by Gasteiger charge is 2.33. The van der Waals surface area contributed by atoms with Crippen LogP contribution in [0.15, 0.2) is 12.1 Å². The van der Waals surface area contributed by atoms with Crippen molar-refractivity contribution in [3.05, 3.63) is 39.0 Å². The molecule has 0 saturated heterocycles. The number of nitrogens with zero attached hydrogens (tertiary/aromatic N) is 3. The van der Waals surface area contributed by atoms with Crippen LogP contribution in [0, 0.1) is 11.3 Å². The molecule has 11 heteroatoms. The standard InChI is InChI=1S/C16H15Cl2F3N4S2/c1-3-26-15(27-4-2)12-11(7-22)24-25(14(12)23)13-9(17)5-8(6-10(13)18)16(19,20)21/h5-6,15H,3-4,23H2,1-2H3. The molecule has 1 heterocycles. The summed E-state index contributed by atoms with van der Waals surface area (Å²) in [6, 6.07) is 3.51. The lowest BCUT2D eigenvalue weighted by Crippen LogP contribution is -2.09. The third-order valence-corrected chi connectivity index (χ3v) is 6.63. The molecule has 1 aromatic heterocycles. The van der Waals surface area contributed by atoms with Gasteiger partial charge in [0.25, 0.3) is 0 Å². The van der Waals surface area contributed by atoms with E-state index in [-0.39, 0.29) is 31.8 Å². The first kappa shape index (κ1) is 22.1. The Kier molecular flexibility index (Phi) is 7.25. The number of nitrogen functional groups attached to an aromatic ring is 1. The number of nitriles is 1. The van der Waals surface area contributed by atoms with Crippen LogP contribution in [0.1, 0.15) is 35.3 Å². The highest BCUT2D eigenvalue weighted by molar-refractivity contribution is 8.16. The van der Waals surface area contributed by atoms with Crippen LogP contribution in [-0.4, -0.2) is 21.3 Å². The number of hydrogen-bond acceptors (Lipinski definition) is 5. The summed E-state index contributed by atoms with van der Waals surface area (Å²) in [7, 11) is 0. The Balaban J connectivity index is 2.66. The maximum absolute atomic E-state index is 12.9. The van der Waals surface area contributed by atoms with E-state index >= 15 is 0 Å². The lowest BCUT2D eigenvalue weighted by Gasteiger charge is -2.16. The van der Waals surface area contributed by atoms with Crippen molar-refractivity contribution in [1.29, 1.82) is 5.26 Å². The third-order valence-electron chi connectivity index (χ3n) is 3.49. The van der Waals surface area contributed by atoms with Crippen molar-refractivity contribution in [2.24, 2.45) is 0 Å². The number of benzene rings is 1. The molecule has 0 aliphatic rings. The van der Waals surface area contributed by atoms with Gasteiger partial charge in [-0.05, 0) is 23.6 Å². The number of hydrogen-bond donors (Lipinski definition) is 1. The summed E-state index contributed by atoms with van der Waals surface area (Å²) in [6.45, 7) is 3.95. The van der Waals surface area contributed by atoms with Gasteiger partial charge in [-0.2, -0.15) is 23.5 Å². The Labute approximate surface area is 173 Å². The van der Waals surface area contributed by atoms with Gasteiger partial charge in [0, 0.05) is 0 Å². The fourth-order valence-corrected chi connectivity index (χ4v) is 5.63. The maximum atomic E-state index is 12.9. The molecule has 146 valence electrons. The van der Waals surface area contributed by atoms with Gasteiger partial charge in [0.15, 0.2) is 5.69 Å². The Morgan fingerprint density at radius 2 is 1.74 bits per heavy atom. The zero-order valence-electron chi connectivity index (χ0n) is 14.3. The maximum Gasteiger partial charge on any atom is 0.416 e. The first-order valence-electron chi connectivity index (χ1n) is 7.73. The normalized spacial score (nSPS) is 11.8. The van der Waals surface area contributed by atoms with E-state index in [0.717, 1.165) is 28.3 Å². The minimum Gasteiger partial charge on any atom is -0.383 e. The molecular formula is C16H15Cl2F3N4S2. The Morgan fingerprint density at radius 3 is 2.15 bits per heavy atom. The second-order valence-electron chi connectivity index (χ2n) is 5.20. The fourth-order valence-electron chi connectivity index (χ4n) is 2.38. The molecule has 2 aromatic rings. The fraction of sp³-hybridized carbons (Fsp3) is 0.375. The van der Waals surface area contributed by atoms with E-state index in [9.17, 15) is 18.4 Å². The molecule has 1 aromatic carbocycles. The van der Waals surface area contributed by atoms with Crippen LogP contribution in [0.4, 0.5) is 19.0 Å². The van der Waals surface area contributed by atoms with E-state index in [1.807, 2.05) is 19.9 Å². The first-order valence-corrected chi connectivity index (χ1v) is 10.6. The smallest absolute Gasteiger partial charge is 0.383 e. The molecule has 27 heavy (non-hydrogen) atoms. The first-order chi connectivity index (χ1) is 12.6. The van der Waals surface area contributed by atoms with Crippen LogP contribution in [0.2, 0.25) is 10.0 Å². The van der Waals surface area contributed by atoms with Crippen LogP contribution in [0.25, 0.3) is 5.69 Å². The van der Waals surface area contributed by atoms with Gasteiger partial charge in [-0.25, -0.2) is 4.68 Å².